The molecular weight excluding hydrogens is 328 g/mol. The molecule has 2 aromatic rings. The lowest BCUT2D eigenvalue weighted by Crippen LogP contribution is -2.38. The smallest absolute Gasteiger partial charge is 0.218 e. The maximum atomic E-state index is 5.39. The lowest BCUT2D eigenvalue weighted by molar-refractivity contribution is 0.392. The quantitative estimate of drug-likeness (QED) is 0.562. The minimum Gasteiger partial charge on any atom is -0.496 e. The first-order valence-corrected chi connectivity index (χ1v) is 8.81. The van der Waals surface area contributed by atoms with Crippen molar-refractivity contribution in [3.05, 3.63) is 53.2 Å². The summed E-state index contributed by atoms with van der Waals surface area (Å²) in [6.45, 7) is 6.18. The predicted molar refractivity (Wildman–Crippen MR) is 105 cm³/mol. The van der Waals surface area contributed by atoms with Crippen molar-refractivity contribution in [3.8, 4) is 11.6 Å². The molecule has 0 bridgehead atoms. The van der Waals surface area contributed by atoms with Crippen LogP contribution >= 0.6 is 0 Å². The molecule has 26 heavy (non-hydrogen) atoms. The van der Waals surface area contributed by atoms with Crippen LogP contribution in [-0.2, 0) is 13.0 Å². The van der Waals surface area contributed by atoms with Crippen molar-refractivity contribution >= 4 is 5.96 Å². The summed E-state index contributed by atoms with van der Waals surface area (Å²) in [5, 5.41) is 6.63. The molecule has 0 saturated heterocycles. The third-order valence-electron chi connectivity index (χ3n) is 3.97. The highest BCUT2D eigenvalue weighted by molar-refractivity contribution is 5.79. The van der Waals surface area contributed by atoms with E-state index in [0.717, 1.165) is 42.3 Å². The van der Waals surface area contributed by atoms with Crippen LogP contribution in [0, 0.1) is 6.92 Å². The zero-order valence-electron chi connectivity index (χ0n) is 16.0. The van der Waals surface area contributed by atoms with Gasteiger partial charge in [0.1, 0.15) is 5.75 Å². The summed E-state index contributed by atoms with van der Waals surface area (Å²) in [7, 11) is 3.32. The molecule has 2 rings (SSSR count). The molecule has 0 aliphatic carbocycles. The Morgan fingerprint density at radius 2 is 2.00 bits per heavy atom. The molecule has 2 N–H and O–H groups in total. The van der Waals surface area contributed by atoms with E-state index in [-0.39, 0.29) is 0 Å². The van der Waals surface area contributed by atoms with E-state index in [1.807, 2.05) is 26.0 Å². The first-order chi connectivity index (χ1) is 12.7. The number of nitrogens with one attached hydrogen (secondary N) is 2. The number of rotatable bonds is 8. The number of hydrogen-bond acceptors (Lipinski definition) is 4. The Labute approximate surface area is 155 Å². The summed E-state index contributed by atoms with van der Waals surface area (Å²) in [5.74, 6) is 2.31. The Balaban J connectivity index is 1.95. The molecule has 0 atom stereocenters. The highest BCUT2D eigenvalue weighted by Crippen LogP contribution is 2.19. The van der Waals surface area contributed by atoms with Gasteiger partial charge in [-0.05, 0) is 43.5 Å². The second kappa shape index (κ2) is 10.3. The molecule has 140 valence electrons. The van der Waals surface area contributed by atoms with Crippen LogP contribution < -0.4 is 20.1 Å². The molecule has 0 radical (unpaired) electrons. The van der Waals surface area contributed by atoms with Gasteiger partial charge in [-0.1, -0.05) is 18.2 Å². The van der Waals surface area contributed by atoms with Gasteiger partial charge in [0.05, 0.1) is 20.8 Å². The first-order valence-electron chi connectivity index (χ1n) is 8.81. The summed E-state index contributed by atoms with van der Waals surface area (Å²) in [6.07, 6.45) is 2.60. The molecule has 0 aliphatic rings. The van der Waals surface area contributed by atoms with E-state index in [1.165, 1.54) is 5.56 Å². The second-order valence-corrected chi connectivity index (χ2v) is 5.85. The molecule has 1 aromatic heterocycles. The molecule has 6 heteroatoms. The van der Waals surface area contributed by atoms with Crippen molar-refractivity contribution in [2.24, 2.45) is 4.99 Å². The van der Waals surface area contributed by atoms with Gasteiger partial charge in [0.15, 0.2) is 5.96 Å². The van der Waals surface area contributed by atoms with Crippen LogP contribution in [0.15, 0.2) is 41.5 Å². The summed E-state index contributed by atoms with van der Waals surface area (Å²) in [6, 6.07) is 10.2. The standard InChI is InChI=1S/C20H28N4O2/c1-5-21-20(24-14-17-7-6-11-22-19(17)26-4)23-12-10-16-9-8-15(2)18(13-16)25-3/h6-9,11,13H,5,10,12,14H2,1-4H3,(H2,21,23,24). The van der Waals surface area contributed by atoms with Gasteiger partial charge < -0.3 is 20.1 Å². The number of aromatic nitrogens is 1. The Bertz CT molecular complexity index is 732. The number of methoxy groups -OCH3 is 2. The van der Waals surface area contributed by atoms with Crippen molar-refractivity contribution in [3.63, 3.8) is 0 Å². The fraction of sp³-hybridized carbons (Fsp3) is 0.400. The van der Waals surface area contributed by atoms with Gasteiger partial charge in [-0.15, -0.1) is 0 Å². The molecule has 0 amide bonds. The van der Waals surface area contributed by atoms with Crippen molar-refractivity contribution in [1.29, 1.82) is 0 Å². The van der Waals surface area contributed by atoms with Gasteiger partial charge in [-0.3, -0.25) is 0 Å². The summed E-state index contributed by atoms with van der Waals surface area (Å²) < 4.78 is 10.7. The number of pyridine rings is 1. The van der Waals surface area contributed by atoms with Crippen molar-refractivity contribution < 1.29 is 9.47 Å². The third kappa shape index (κ3) is 5.65. The predicted octanol–water partition coefficient (Wildman–Crippen LogP) is 2.71. The maximum absolute atomic E-state index is 5.39. The van der Waals surface area contributed by atoms with Crippen molar-refractivity contribution in [1.82, 2.24) is 15.6 Å². The van der Waals surface area contributed by atoms with E-state index in [4.69, 9.17) is 9.47 Å². The van der Waals surface area contributed by atoms with Crippen LogP contribution in [0.2, 0.25) is 0 Å². The monoisotopic (exact) mass is 356 g/mol. The van der Waals surface area contributed by atoms with Crippen LogP contribution in [0.4, 0.5) is 0 Å². The number of guanidine groups is 1. The summed E-state index contributed by atoms with van der Waals surface area (Å²) in [5.41, 5.74) is 3.32. The number of ether oxygens (including phenoxy) is 2. The average Bonchev–Trinajstić information content (AvgIpc) is 2.67. The van der Waals surface area contributed by atoms with Gasteiger partial charge >= 0.3 is 0 Å². The van der Waals surface area contributed by atoms with E-state index < -0.39 is 0 Å². The van der Waals surface area contributed by atoms with Crippen LogP contribution in [-0.4, -0.2) is 38.3 Å². The van der Waals surface area contributed by atoms with Crippen LogP contribution in [0.5, 0.6) is 11.6 Å². The number of aryl methyl sites for hydroxylation is 1. The van der Waals surface area contributed by atoms with Crippen molar-refractivity contribution in [2.75, 3.05) is 27.3 Å². The van der Waals surface area contributed by atoms with Gasteiger partial charge in [0, 0.05) is 24.8 Å². The zero-order chi connectivity index (χ0) is 18.8. The fourth-order valence-corrected chi connectivity index (χ4v) is 2.58. The minimum absolute atomic E-state index is 0.505. The van der Waals surface area contributed by atoms with Gasteiger partial charge in [0.2, 0.25) is 5.88 Å². The Hall–Kier alpha value is -2.76. The average molecular weight is 356 g/mol. The normalized spacial score (nSPS) is 11.2. The minimum atomic E-state index is 0.505. The lowest BCUT2D eigenvalue weighted by Gasteiger charge is -2.12. The Kier molecular flexibility index (Phi) is 7.74. The summed E-state index contributed by atoms with van der Waals surface area (Å²) >= 11 is 0. The highest BCUT2D eigenvalue weighted by Gasteiger charge is 2.04. The van der Waals surface area contributed by atoms with E-state index in [1.54, 1.807) is 20.4 Å². The summed E-state index contributed by atoms with van der Waals surface area (Å²) in [4.78, 5) is 8.82. The number of nitrogens with zero attached hydrogens (tertiary/aromatic N) is 2. The first kappa shape index (κ1) is 19.6. The zero-order valence-corrected chi connectivity index (χ0v) is 16.0. The molecule has 1 aromatic carbocycles. The highest BCUT2D eigenvalue weighted by atomic mass is 16.5. The van der Waals surface area contributed by atoms with Crippen molar-refractivity contribution in [2.45, 2.75) is 26.8 Å². The number of hydrogen-bond donors (Lipinski definition) is 2. The molecule has 1 heterocycles. The molecular formula is C20H28N4O2. The van der Waals surface area contributed by atoms with Crippen LogP contribution in [0.25, 0.3) is 0 Å². The van der Waals surface area contributed by atoms with E-state index in [2.05, 4.69) is 38.8 Å². The van der Waals surface area contributed by atoms with Crippen LogP contribution in [0.3, 0.4) is 0 Å². The molecule has 0 unspecified atom stereocenters. The topological polar surface area (TPSA) is 67.8 Å². The van der Waals surface area contributed by atoms with Gasteiger partial charge in [-0.2, -0.15) is 0 Å². The number of aliphatic imine (C=N–C) groups is 1. The maximum Gasteiger partial charge on any atom is 0.218 e. The molecule has 6 nitrogen and oxygen atoms in total. The molecule has 0 saturated carbocycles. The Morgan fingerprint density at radius 3 is 2.73 bits per heavy atom. The SMILES string of the molecule is CCNC(=NCc1cccnc1OC)NCCc1ccc(C)c(OC)c1. The second-order valence-electron chi connectivity index (χ2n) is 5.85. The lowest BCUT2D eigenvalue weighted by atomic mass is 10.1. The number of benzene rings is 1. The third-order valence-corrected chi connectivity index (χ3v) is 3.97. The van der Waals surface area contributed by atoms with E-state index in [0.29, 0.717) is 12.4 Å². The molecule has 0 aliphatic heterocycles. The Morgan fingerprint density at radius 1 is 1.15 bits per heavy atom. The van der Waals surface area contributed by atoms with Gasteiger partial charge in [-0.25, -0.2) is 9.98 Å². The molecule has 0 spiro atoms. The van der Waals surface area contributed by atoms with Gasteiger partial charge in [0.25, 0.3) is 0 Å². The van der Waals surface area contributed by atoms with E-state index >= 15 is 0 Å². The van der Waals surface area contributed by atoms with E-state index in [9.17, 15) is 0 Å². The van der Waals surface area contributed by atoms with Crippen LogP contribution in [0.1, 0.15) is 23.6 Å². The molecule has 0 fully saturated rings. The fourth-order valence-electron chi connectivity index (χ4n) is 2.58. The largest absolute Gasteiger partial charge is 0.496 e.